The minimum absolute atomic E-state index is 0.628. The summed E-state index contributed by atoms with van der Waals surface area (Å²) in [6, 6.07) is 0. The lowest BCUT2D eigenvalue weighted by Crippen LogP contribution is -2.47. The van der Waals surface area contributed by atoms with E-state index in [1.165, 1.54) is 0 Å². The molecular formula is C9H15ClN4. The van der Waals surface area contributed by atoms with Crippen molar-refractivity contribution in [2.75, 3.05) is 33.2 Å². The molecule has 0 saturated carbocycles. The molecule has 0 N–H and O–H groups in total. The van der Waals surface area contributed by atoms with Crippen LogP contribution in [0.5, 0.6) is 0 Å². The molecule has 1 saturated heterocycles. The van der Waals surface area contributed by atoms with E-state index in [1.807, 2.05) is 0 Å². The zero-order valence-electron chi connectivity index (χ0n) is 8.41. The maximum atomic E-state index is 5.76. The van der Waals surface area contributed by atoms with E-state index < -0.39 is 0 Å². The largest absolute Gasteiger partial charge is 0.356 e. The molecule has 4 nitrogen and oxygen atoms in total. The summed E-state index contributed by atoms with van der Waals surface area (Å²) in [6.45, 7) is 4.33. The quantitative estimate of drug-likeness (QED) is 0.602. The number of hydrogen-bond acceptors (Lipinski definition) is 4. The molecule has 2 aliphatic heterocycles. The van der Waals surface area contributed by atoms with Crippen LogP contribution >= 0.6 is 11.6 Å². The Hall–Kier alpha value is -0.610. The van der Waals surface area contributed by atoms with E-state index in [0.29, 0.717) is 5.17 Å². The molecule has 2 aliphatic rings. The average Bonchev–Trinajstić information content (AvgIpc) is 2.21. The maximum absolute atomic E-state index is 5.76. The SMILES string of the molecule is CN1CCN(C2=NN=C(Cl)CC2)CC1. The molecular weight excluding hydrogens is 200 g/mol. The highest BCUT2D eigenvalue weighted by molar-refractivity contribution is 6.65. The number of rotatable bonds is 0. The van der Waals surface area contributed by atoms with Crippen molar-refractivity contribution in [3.8, 4) is 0 Å². The van der Waals surface area contributed by atoms with Crippen molar-refractivity contribution in [2.24, 2.45) is 10.2 Å². The van der Waals surface area contributed by atoms with Crippen molar-refractivity contribution in [1.82, 2.24) is 9.80 Å². The molecule has 2 heterocycles. The van der Waals surface area contributed by atoms with Crippen LogP contribution in [-0.4, -0.2) is 54.0 Å². The van der Waals surface area contributed by atoms with Gasteiger partial charge in [-0.15, -0.1) is 10.2 Å². The van der Waals surface area contributed by atoms with Gasteiger partial charge in [-0.3, -0.25) is 0 Å². The fraction of sp³-hybridized carbons (Fsp3) is 0.778. The highest BCUT2D eigenvalue weighted by Gasteiger charge is 2.19. The number of halogens is 1. The lowest BCUT2D eigenvalue weighted by molar-refractivity contribution is 0.213. The summed E-state index contributed by atoms with van der Waals surface area (Å²) in [5, 5.41) is 8.69. The monoisotopic (exact) mass is 214 g/mol. The number of amidine groups is 1. The van der Waals surface area contributed by atoms with Gasteiger partial charge in [0.25, 0.3) is 0 Å². The minimum Gasteiger partial charge on any atom is -0.356 e. The molecule has 0 aliphatic carbocycles. The van der Waals surface area contributed by atoms with Crippen molar-refractivity contribution < 1.29 is 0 Å². The Balaban J connectivity index is 1.96. The van der Waals surface area contributed by atoms with Gasteiger partial charge < -0.3 is 9.80 Å². The van der Waals surface area contributed by atoms with Gasteiger partial charge in [-0.05, 0) is 7.05 Å². The van der Waals surface area contributed by atoms with Crippen LogP contribution < -0.4 is 0 Å². The highest BCUT2D eigenvalue weighted by atomic mass is 35.5. The van der Waals surface area contributed by atoms with E-state index >= 15 is 0 Å². The van der Waals surface area contributed by atoms with Gasteiger partial charge in [0.2, 0.25) is 0 Å². The molecule has 0 unspecified atom stereocenters. The fourth-order valence-corrected chi connectivity index (χ4v) is 1.85. The standard InChI is InChI=1S/C9H15ClN4/c1-13-4-6-14(7-5-13)9-3-2-8(10)11-12-9/h2-7H2,1H3. The topological polar surface area (TPSA) is 31.2 Å². The van der Waals surface area contributed by atoms with Gasteiger partial charge in [0.15, 0.2) is 0 Å². The maximum Gasteiger partial charge on any atom is 0.129 e. The fourth-order valence-electron chi connectivity index (χ4n) is 1.71. The Labute approximate surface area is 89.2 Å². The molecule has 0 aromatic rings. The zero-order chi connectivity index (χ0) is 9.97. The first-order valence-electron chi connectivity index (χ1n) is 4.98. The second kappa shape index (κ2) is 4.28. The highest BCUT2D eigenvalue weighted by Crippen LogP contribution is 2.12. The van der Waals surface area contributed by atoms with Crippen molar-refractivity contribution >= 4 is 22.6 Å². The van der Waals surface area contributed by atoms with Crippen LogP contribution in [0.2, 0.25) is 0 Å². The van der Waals surface area contributed by atoms with Gasteiger partial charge in [-0.25, -0.2) is 0 Å². The zero-order valence-corrected chi connectivity index (χ0v) is 9.17. The van der Waals surface area contributed by atoms with Gasteiger partial charge in [0.1, 0.15) is 11.0 Å². The second-order valence-corrected chi connectivity index (χ2v) is 4.22. The molecule has 78 valence electrons. The molecule has 0 spiro atoms. The van der Waals surface area contributed by atoms with Crippen LogP contribution in [0.15, 0.2) is 10.2 Å². The number of nitrogens with zero attached hydrogens (tertiary/aromatic N) is 4. The third-order valence-electron chi connectivity index (χ3n) is 2.70. The normalized spacial score (nSPS) is 24.6. The Morgan fingerprint density at radius 3 is 2.36 bits per heavy atom. The van der Waals surface area contributed by atoms with Gasteiger partial charge in [-0.1, -0.05) is 11.6 Å². The van der Waals surface area contributed by atoms with E-state index in [1.54, 1.807) is 0 Å². The molecule has 0 amide bonds. The van der Waals surface area contributed by atoms with Gasteiger partial charge >= 0.3 is 0 Å². The summed E-state index contributed by atoms with van der Waals surface area (Å²) in [4.78, 5) is 4.64. The van der Waals surface area contributed by atoms with E-state index in [0.717, 1.165) is 44.9 Å². The molecule has 14 heavy (non-hydrogen) atoms. The predicted octanol–water partition coefficient (Wildman–Crippen LogP) is 0.978. The van der Waals surface area contributed by atoms with Crippen LogP contribution in [-0.2, 0) is 0 Å². The lowest BCUT2D eigenvalue weighted by Gasteiger charge is -2.34. The van der Waals surface area contributed by atoms with Crippen LogP contribution in [0.25, 0.3) is 0 Å². The van der Waals surface area contributed by atoms with Crippen LogP contribution in [0.4, 0.5) is 0 Å². The van der Waals surface area contributed by atoms with E-state index in [4.69, 9.17) is 11.6 Å². The second-order valence-electron chi connectivity index (χ2n) is 3.78. The average molecular weight is 215 g/mol. The Kier molecular flexibility index (Phi) is 3.03. The molecule has 2 rings (SSSR count). The predicted molar refractivity (Wildman–Crippen MR) is 59.0 cm³/mol. The Bertz CT molecular complexity index is 266. The summed E-state index contributed by atoms with van der Waals surface area (Å²) >= 11 is 5.76. The van der Waals surface area contributed by atoms with Gasteiger partial charge in [0.05, 0.1) is 0 Å². The van der Waals surface area contributed by atoms with Crippen LogP contribution in [0, 0.1) is 0 Å². The van der Waals surface area contributed by atoms with Crippen LogP contribution in [0.1, 0.15) is 12.8 Å². The summed E-state index contributed by atoms with van der Waals surface area (Å²) in [5.41, 5.74) is 0. The summed E-state index contributed by atoms with van der Waals surface area (Å²) < 4.78 is 0. The molecule has 0 aromatic carbocycles. The molecule has 0 bridgehead atoms. The van der Waals surface area contributed by atoms with Gasteiger partial charge in [0, 0.05) is 39.0 Å². The summed E-state index contributed by atoms with van der Waals surface area (Å²) in [7, 11) is 2.15. The smallest absolute Gasteiger partial charge is 0.129 e. The summed E-state index contributed by atoms with van der Waals surface area (Å²) in [6.07, 6.45) is 1.78. The van der Waals surface area contributed by atoms with Crippen LogP contribution in [0.3, 0.4) is 0 Å². The molecule has 0 aromatic heterocycles. The van der Waals surface area contributed by atoms with Gasteiger partial charge in [-0.2, -0.15) is 0 Å². The van der Waals surface area contributed by atoms with E-state index in [-0.39, 0.29) is 0 Å². The number of likely N-dealkylation sites (N-methyl/N-ethyl adjacent to an activating group) is 1. The molecule has 1 fully saturated rings. The minimum atomic E-state index is 0.628. The third-order valence-corrected chi connectivity index (χ3v) is 2.96. The molecule has 0 radical (unpaired) electrons. The number of piperazine rings is 1. The van der Waals surface area contributed by atoms with Crippen molar-refractivity contribution in [3.63, 3.8) is 0 Å². The molecule has 0 atom stereocenters. The van der Waals surface area contributed by atoms with Crippen molar-refractivity contribution in [3.05, 3.63) is 0 Å². The first-order chi connectivity index (χ1) is 6.75. The Morgan fingerprint density at radius 2 is 1.79 bits per heavy atom. The van der Waals surface area contributed by atoms with E-state index in [9.17, 15) is 0 Å². The van der Waals surface area contributed by atoms with Crippen molar-refractivity contribution in [1.29, 1.82) is 0 Å². The van der Waals surface area contributed by atoms with E-state index in [2.05, 4.69) is 27.1 Å². The Morgan fingerprint density at radius 1 is 1.07 bits per heavy atom. The summed E-state index contributed by atoms with van der Waals surface area (Å²) in [5.74, 6) is 1.10. The molecule has 5 heteroatoms. The van der Waals surface area contributed by atoms with Crippen molar-refractivity contribution in [2.45, 2.75) is 12.8 Å². The lowest BCUT2D eigenvalue weighted by atomic mass is 10.2. The first-order valence-corrected chi connectivity index (χ1v) is 5.36. The first kappa shape index (κ1) is 9.93. The number of hydrogen-bond donors (Lipinski definition) is 0. The third kappa shape index (κ3) is 2.25.